The van der Waals surface area contributed by atoms with Gasteiger partial charge in [0.2, 0.25) is 5.91 Å². The maximum absolute atomic E-state index is 12.8. The highest BCUT2D eigenvalue weighted by Gasteiger charge is 2.22. The third-order valence-corrected chi connectivity index (χ3v) is 7.08. The largest absolute Gasteiger partial charge is 0.493 e. The first kappa shape index (κ1) is 25.6. The summed E-state index contributed by atoms with van der Waals surface area (Å²) in [4.78, 5) is 14.7. The van der Waals surface area contributed by atoms with E-state index in [4.69, 9.17) is 15.2 Å². The predicted octanol–water partition coefficient (Wildman–Crippen LogP) is 4.22. The number of hydrogen-bond donors (Lipinski definition) is 3. The molecule has 0 spiro atoms. The van der Waals surface area contributed by atoms with Crippen LogP contribution in [0.25, 0.3) is 0 Å². The maximum Gasteiger partial charge on any atom is 0.227 e. The van der Waals surface area contributed by atoms with Crippen LogP contribution in [0.3, 0.4) is 0 Å². The van der Waals surface area contributed by atoms with Gasteiger partial charge in [-0.3, -0.25) is 4.79 Å². The van der Waals surface area contributed by atoms with E-state index in [1.165, 1.54) is 0 Å². The second-order valence-electron chi connectivity index (χ2n) is 8.02. The predicted molar refractivity (Wildman–Crippen MR) is 140 cm³/mol. The highest BCUT2D eigenvalue weighted by molar-refractivity contribution is 9.11. The summed E-state index contributed by atoms with van der Waals surface area (Å²) in [6, 6.07) is 7.90. The van der Waals surface area contributed by atoms with Crippen LogP contribution >= 0.6 is 31.9 Å². The van der Waals surface area contributed by atoms with Crippen molar-refractivity contribution in [2.75, 3.05) is 58.0 Å². The van der Waals surface area contributed by atoms with Gasteiger partial charge in [-0.25, -0.2) is 0 Å². The molecule has 3 rings (SSSR count). The molecule has 0 bridgehead atoms. The molecule has 180 valence electrons. The number of hydrogen-bond acceptors (Lipinski definition) is 6. The Bertz CT molecular complexity index is 948. The molecular formula is C24H32Br2N4O3. The zero-order valence-electron chi connectivity index (χ0n) is 19.2. The average molecular weight is 584 g/mol. The molecule has 1 aliphatic rings. The summed E-state index contributed by atoms with van der Waals surface area (Å²) >= 11 is 6.93. The number of halogens is 2. The summed E-state index contributed by atoms with van der Waals surface area (Å²) in [6.07, 6.45) is 3.17. The molecule has 7 nitrogen and oxygen atoms in total. The minimum atomic E-state index is 0.172. The molecule has 0 aliphatic carbocycles. The zero-order valence-corrected chi connectivity index (χ0v) is 22.4. The van der Waals surface area contributed by atoms with Gasteiger partial charge in [0.15, 0.2) is 11.5 Å². The number of nitrogens with one attached hydrogen (secondary N) is 2. The molecule has 4 N–H and O–H groups in total. The topological polar surface area (TPSA) is 88.9 Å². The Morgan fingerprint density at radius 2 is 1.61 bits per heavy atom. The van der Waals surface area contributed by atoms with Crippen molar-refractivity contribution in [3.63, 3.8) is 0 Å². The summed E-state index contributed by atoms with van der Waals surface area (Å²) in [5, 5.41) is 6.88. The summed E-state index contributed by atoms with van der Waals surface area (Å²) in [7, 11) is 3.26. The maximum atomic E-state index is 12.8. The van der Waals surface area contributed by atoms with Crippen LogP contribution in [0.5, 0.6) is 11.5 Å². The van der Waals surface area contributed by atoms with E-state index in [-0.39, 0.29) is 5.91 Å². The Hall–Kier alpha value is -1.97. The Labute approximate surface area is 212 Å². The number of amides is 1. The van der Waals surface area contributed by atoms with Crippen LogP contribution in [0.15, 0.2) is 33.2 Å². The summed E-state index contributed by atoms with van der Waals surface area (Å²) in [5.41, 5.74) is 9.85. The second-order valence-corrected chi connectivity index (χ2v) is 9.73. The van der Waals surface area contributed by atoms with Gasteiger partial charge < -0.3 is 30.7 Å². The minimum absolute atomic E-state index is 0.172. The van der Waals surface area contributed by atoms with Gasteiger partial charge in [-0.05, 0) is 99.6 Å². The molecule has 0 saturated heterocycles. The first-order valence-corrected chi connectivity index (χ1v) is 12.7. The van der Waals surface area contributed by atoms with Crippen molar-refractivity contribution in [2.24, 2.45) is 0 Å². The molecule has 0 saturated carbocycles. The number of carbonyl (C=O) groups excluding carboxylic acids is 1. The summed E-state index contributed by atoms with van der Waals surface area (Å²) in [5.74, 6) is 1.56. The first-order valence-electron chi connectivity index (χ1n) is 11.1. The molecule has 9 heteroatoms. The van der Waals surface area contributed by atoms with Crippen molar-refractivity contribution >= 4 is 49.1 Å². The van der Waals surface area contributed by atoms with E-state index < -0.39 is 0 Å². The second kappa shape index (κ2) is 12.5. The van der Waals surface area contributed by atoms with Crippen LogP contribution in [-0.2, 0) is 17.6 Å². The number of anilines is 2. The molecule has 1 amide bonds. The van der Waals surface area contributed by atoms with Gasteiger partial charge in [0.1, 0.15) is 0 Å². The van der Waals surface area contributed by atoms with Crippen molar-refractivity contribution in [1.29, 1.82) is 0 Å². The third kappa shape index (κ3) is 7.01. The van der Waals surface area contributed by atoms with E-state index >= 15 is 0 Å². The van der Waals surface area contributed by atoms with Crippen LogP contribution in [0.2, 0.25) is 0 Å². The molecule has 33 heavy (non-hydrogen) atoms. The normalized spacial score (nSPS) is 13.5. The van der Waals surface area contributed by atoms with Gasteiger partial charge in [-0.1, -0.05) is 0 Å². The number of methoxy groups -OCH3 is 2. The highest BCUT2D eigenvalue weighted by atomic mass is 79.9. The Kier molecular flexibility index (Phi) is 9.70. The van der Waals surface area contributed by atoms with Crippen LogP contribution in [0.4, 0.5) is 11.4 Å². The third-order valence-electron chi connectivity index (χ3n) is 5.77. The summed E-state index contributed by atoms with van der Waals surface area (Å²) in [6.45, 7) is 4.17. The Balaban J connectivity index is 1.35. The number of benzene rings is 2. The first-order chi connectivity index (χ1) is 15.9. The Morgan fingerprint density at radius 1 is 0.970 bits per heavy atom. The van der Waals surface area contributed by atoms with E-state index in [2.05, 4.69) is 42.5 Å². The molecule has 2 aromatic rings. The molecule has 0 atom stereocenters. The van der Waals surface area contributed by atoms with Crippen LogP contribution < -0.4 is 25.8 Å². The lowest BCUT2D eigenvalue weighted by atomic mass is 10.0. The van der Waals surface area contributed by atoms with Crippen molar-refractivity contribution in [3.8, 4) is 11.5 Å². The number of carbonyl (C=O) groups is 1. The molecule has 2 aromatic carbocycles. The molecule has 0 aromatic heterocycles. The number of ether oxygens (including phenoxy) is 2. The fourth-order valence-corrected chi connectivity index (χ4v) is 5.09. The SMILES string of the molecule is COc1cc2c(cc1OC)CC(=O)N(CCCNCCCNc1cc(Br)c(N)c(Br)c1)CC2. The van der Waals surface area contributed by atoms with Gasteiger partial charge in [0.25, 0.3) is 0 Å². The van der Waals surface area contributed by atoms with E-state index in [1.807, 2.05) is 29.2 Å². The zero-order chi connectivity index (χ0) is 23.8. The van der Waals surface area contributed by atoms with Crippen molar-refractivity contribution < 1.29 is 14.3 Å². The van der Waals surface area contributed by atoms with Gasteiger partial charge in [-0.15, -0.1) is 0 Å². The van der Waals surface area contributed by atoms with Crippen molar-refractivity contribution in [1.82, 2.24) is 10.2 Å². The highest BCUT2D eigenvalue weighted by Crippen LogP contribution is 2.33. The molecule has 1 aliphatic heterocycles. The molecule has 0 fully saturated rings. The van der Waals surface area contributed by atoms with Crippen molar-refractivity contribution in [2.45, 2.75) is 25.7 Å². The van der Waals surface area contributed by atoms with Crippen LogP contribution in [0.1, 0.15) is 24.0 Å². The lowest BCUT2D eigenvalue weighted by Crippen LogP contribution is -2.34. The van der Waals surface area contributed by atoms with Crippen molar-refractivity contribution in [3.05, 3.63) is 44.3 Å². The van der Waals surface area contributed by atoms with E-state index in [1.54, 1.807) is 14.2 Å². The van der Waals surface area contributed by atoms with Gasteiger partial charge in [0, 0.05) is 34.3 Å². The van der Waals surface area contributed by atoms with Gasteiger partial charge in [-0.2, -0.15) is 0 Å². The average Bonchev–Trinajstić information content (AvgIpc) is 2.95. The van der Waals surface area contributed by atoms with E-state index in [0.717, 1.165) is 77.7 Å². The number of nitrogen functional groups attached to an aromatic ring is 1. The van der Waals surface area contributed by atoms with Gasteiger partial charge in [0.05, 0.1) is 26.3 Å². The lowest BCUT2D eigenvalue weighted by Gasteiger charge is -2.20. The number of fused-ring (bicyclic) bond motifs is 1. The number of rotatable bonds is 11. The molecular weight excluding hydrogens is 552 g/mol. The van der Waals surface area contributed by atoms with Gasteiger partial charge >= 0.3 is 0 Å². The van der Waals surface area contributed by atoms with Crippen LogP contribution in [-0.4, -0.2) is 57.8 Å². The smallest absolute Gasteiger partial charge is 0.227 e. The van der Waals surface area contributed by atoms with E-state index in [0.29, 0.717) is 23.6 Å². The molecule has 1 heterocycles. The summed E-state index contributed by atoms with van der Waals surface area (Å²) < 4.78 is 12.6. The number of nitrogens with zero attached hydrogens (tertiary/aromatic N) is 1. The quantitative estimate of drug-likeness (QED) is 0.271. The molecule has 0 unspecified atom stereocenters. The lowest BCUT2D eigenvalue weighted by molar-refractivity contribution is -0.130. The molecule has 0 radical (unpaired) electrons. The van der Waals surface area contributed by atoms with E-state index in [9.17, 15) is 4.79 Å². The minimum Gasteiger partial charge on any atom is -0.493 e. The Morgan fingerprint density at radius 3 is 2.27 bits per heavy atom. The number of nitrogens with two attached hydrogens (primary N) is 1. The fourth-order valence-electron chi connectivity index (χ4n) is 3.90. The standard InChI is InChI=1S/C24H32Br2N4O3/c1-32-21-11-16-5-10-30(23(31)13-17(16)12-22(21)33-2)9-4-7-28-6-3-8-29-18-14-19(25)24(27)20(26)15-18/h11-12,14-15,28-29H,3-10,13,27H2,1-2H3. The fraction of sp³-hybridized carbons (Fsp3) is 0.458. The monoisotopic (exact) mass is 582 g/mol. The van der Waals surface area contributed by atoms with Crippen LogP contribution in [0, 0.1) is 0 Å².